The molecule has 6 nitrogen and oxygen atoms in total. The maximum atomic E-state index is 5.54. The fourth-order valence-electron chi connectivity index (χ4n) is 2.45. The van der Waals surface area contributed by atoms with Crippen molar-refractivity contribution in [1.29, 1.82) is 0 Å². The van der Waals surface area contributed by atoms with E-state index >= 15 is 0 Å². The molecule has 7 heteroatoms. The van der Waals surface area contributed by atoms with Crippen LogP contribution in [0.1, 0.15) is 47.5 Å². The van der Waals surface area contributed by atoms with Crippen LogP contribution in [0.2, 0.25) is 0 Å². The minimum absolute atomic E-state index is 0. The zero-order chi connectivity index (χ0) is 18.2. The molecule has 152 valence electrons. The average molecular weight is 472 g/mol. The minimum atomic E-state index is 0. The summed E-state index contributed by atoms with van der Waals surface area (Å²) in [6, 6.07) is 1.10. The van der Waals surface area contributed by atoms with E-state index in [2.05, 4.69) is 55.1 Å². The van der Waals surface area contributed by atoms with Gasteiger partial charge in [-0.2, -0.15) is 0 Å². The van der Waals surface area contributed by atoms with E-state index in [0.29, 0.717) is 31.9 Å². The highest BCUT2D eigenvalue weighted by molar-refractivity contribution is 14.0. The summed E-state index contributed by atoms with van der Waals surface area (Å²) in [4.78, 5) is 6.70. The van der Waals surface area contributed by atoms with Crippen molar-refractivity contribution in [2.45, 2.75) is 59.5 Å². The quantitative estimate of drug-likeness (QED) is 0.176. The molecular formula is C18H41IN4O2. The second-order valence-electron chi connectivity index (χ2n) is 6.43. The number of hydrogen-bond acceptors (Lipinski definition) is 4. The number of ether oxygens (including phenoxy) is 2. The van der Waals surface area contributed by atoms with Gasteiger partial charge in [-0.15, -0.1) is 24.0 Å². The van der Waals surface area contributed by atoms with Crippen molar-refractivity contribution < 1.29 is 9.47 Å². The SMILES string of the molecule is CCCCOCCOCCNC(=NC)NCCN(C(C)C)C(C)C.I. The first-order chi connectivity index (χ1) is 11.5. The molecule has 0 saturated heterocycles. The summed E-state index contributed by atoms with van der Waals surface area (Å²) in [6.07, 6.45) is 2.29. The largest absolute Gasteiger partial charge is 0.379 e. The zero-order valence-electron chi connectivity index (χ0n) is 17.1. The molecular weight excluding hydrogens is 431 g/mol. The third-order valence-electron chi connectivity index (χ3n) is 3.77. The summed E-state index contributed by atoms with van der Waals surface area (Å²) in [6.45, 7) is 16.5. The van der Waals surface area contributed by atoms with Gasteiger partial charge in [0.2, 0.25) is 0 Å². The van der Waals surface area contributed by atoms with E-state index in [1.165, 1.54) is 6.42 Å². The molecule has 0 amide bonds. The number of rotatable bonds is 14. The molecule has 0 atom stereocenters. The first kappa shape index (κ1) is 27.1. The van der Waals surface area contributed by atoms with Gasteiger partial charge < -0.3 is 20.1 Å². The van der Waals surface area contributed by atoms with E-state index in [0.717, 1.165) is 38.6 Å². The molecule has 0 aliphatic carbocycles. The van der Waals surface area contributed by atoms with Gasteiger partial charge in [-0.05, 0) is 34.1 Å². The van der Waals surface area contributed by atoms with Crippen LogP contribution in [0.25, 0.3) is 0 Å². The lowest BCUT2D eigenvalue weighted by atomic mass is 10.2. The van der Waals surface area contributed by atoms with E-state index in [1.807, 2.05) is 0 Å². The van der Waals surface area contributed by atoms with Crippen LogP contribution < -0.4 is 10.6 Å². The second-order valence-corrected chi connectivity index (χ2v) is 6.43. The first-order valence-corrected chi connectivity index (χ1v) is 9.38. The van der Waals surface area contributed by atoms with Crippen molar-refractivity contribution in [2.75, 3.05) is 53.1 Å². The zero-order valence-corrected chi connectivity index (χ0v) is 19.5. The topological polar surface area (TPSA) is 58.1 Å². The van der Waals surface area contributed by atoms with Gasteiger partial charge in [0, 0.05) is 45.4 Å². The van der Waals surface area contributed by atoms with E-state index in [1.54, 1.807) is 7.05 Å². The third-order valence-corrected chi connectivity index (χ3v) is 3.77. The fraction of sp³-hybridized carbons (Fsp3) is 0.944. The molecule has 0 aromatic rings. The van der Waals surface area contributed by atoms with E-state index < -0.39 is 0 Å². The van der Waals surface area contributed by atoms with Gasteiger partial charge in [0.15, 0.2) is 5.96 Å². The highest BCUT2D eigenvalue weighted by atomic mass is 127. The van der Waals surface area contributed by atoms with E-state index in [4.69, 9.17) is 9.47 Å². The van der Waals surface area contributed by atoms with Crippen LogP contribution >= 0.6 is 24.0 Å². The van der Waals surface area contributed by atoms with Gasteiger partial charge >= 0.3 is 0 Å². The standard InChI is InChI=1S/C18H40N4O2.HI/c1-7-8-12-23-14-15-24-13-10-21-18(19-6)20-9-11-22(16(2)3)17(4)5;/h16-17H,7-15H2,1-6H3,(H2,19,20,21);1H. The van der Waals surface area contributed by atoms with Crippen LogP contribution in [0.3, 0.4) is 0 Å². The Bertz CT molecular complexity index is 307. The molecule has 0 aliphatic heterocycles. The minimum Gasteiger partial charge on any atom is -0.379 e. The van der Waals surface area contributed by atoms with Crippen LogP contribution in [0.5, 0.6) is 0 Å². The maximum absolute atomic E-state index is 5.54. The summed E-state index contributed by atoms with van der Waals surface area (Å²) >= 11 is 0. The number of unbranched alkanes of at least 4 members (excludes halogenated alkanes) is 1. The molecule has 0 bridgehead atoms. The highest BCUT2D eigenvalue weighted by Gasteiger charge is 2.12. The normalized spacial score (nSPS) is 12.0. The highest BCUT2D eigenvalue weighted by Crippen LogP contribution is 2.03. The van der Waals surface area contributed by atoms with Gasteiger partial charge in [0.25, 0.3) is 0 Å². The lowest BCUT2D eigenvalue weighted by Crippen LogP contribution is -2.45. The van der Waals surface area contributed by atoms with Crippen LogP contribution in [0, 0.1) is 0 Å². The summed E-state index contributed by atoms with van der Waals surface area (Å²) in [5.41, 5.74) is 0. The van der Waals surface area contributed by atoms with Crippen molar-refractivity contribution in [2.24, 2.45) is 4.99 Å². The molecule has 0 aromatic carbocycles. The Hall–Kier alpha value is -0.120. The maximum Gasteiger partial charge on any atom is 0.191 e. The van der Waals surface area contributed by atoms with Crippen LogP contribution in [0.4, 0.5) is 0 Å². The Balaban J connectivity index is 0. The molecule has 0 saturated carbocycles. The Morgan fingerprint density at radius 3 is 2.00 bits per heavy atom. The fourth-order valence-corrected chi connectivity index (χ4v) is 2.45. The first-order valence-electron chi connectivity index (χ1n) is 9.38. The molecule has 0 aliphatic rings. The molecule has 2 N–H and O–H groups in total. The summed E-state index contributed by atoms with van der Waals surface area (Å²) in [5.74, 6) is 0.824. The van der Waals surface area contributed by atoms with E-state index in [9.17, 15) is 0 Å². The van der Waals surface area contributed by atoms with Gasteiger partial charge in [0.1, 0.15) is 0 Å². The summed E-state index contributed by atoms with van der Waals surface area (Å²) in [7, 11) is 1.79. The van der Waals surface area contributed by atoms with Gasteiger partial charge in [-0.25, -0.2) is 0 Å². The lowest BCUT2D eigenvalue weighted by molar-refractivity contribution is 0.0487. The van der Waals surface area contributed by atoms with E-state index in [-0.39, 0.29) is 24.0 Å². The molecule has 0 aromatic heterocycles. The molecule has 0 rings (SSSR count). The lowest BCUT2D eigenvalue weighted by Gasteiger charge is -2.30. The third kappa shape index (κ3) is 15.8. The number of aliphatic imine (C=N–C) groups is 1. The van der Waals surface area contributed by atoms with Crippen molar-refractivity contribution in [3.63, 3.8) is 0 Å². The number of halogens is 1. The predicted molar refractivity (Wildman–Crippen MR) is 118 cm³/mol. The van der Waals surface area contributed by atoms with Gasteiger partial charge in [0.05, 0.1) is 19.8 Å². The molecule has 25 heavy (non-hydrogen) atoms. The number of hydrogen-bond donors (Lipinski definition) is 2. The molecule has 0 heterocycles. The average Bonchev–Trinajstić information content (AvgIpc) is 2.54. The van der Waals surface area contributed by atoms with Crippen molar-refractivity contribution >= 4 is 29.9 Å². The second kappa shape index (κ2) is 18.7. The molecule has 0 unspecified atom stereocenters. The molecule has 0 fully saturated rings. The Kier molecular flexibility index (Phi) is 20.2. The predicted octanol–water partition coefficient (Wildman–Crippen LogP) is 2.72. The summed E-state index contributed by atoms with van der Waals surface area (Å²) < 4.78 is 11.0. The molecule has 0 radical (unpaired) electrons. The smallest absolute Gasteiger partial charge is 0.191 e. The van der Waals surface area contributed by atoms with Crippen LogP contribution in [-0.4, -0.2) is 76.1 Å². The van der Waals surface area contributed by atoms with Crippen LogP contribution in [0.15, 0.2) is 4.99 Å². The molecule has 0 spiro atoms. The summed E-state index contributed by atoms with van der Waals surface area (Å²) in [5, 5.41) is 6.62. The van der Waals surface area contributed by atoms with Crippen molar-refractivity contribution in [3.8, 4) is 0 Å². The Morgan fingerprint density at radius 1 is 0.920 bits per heavy atom. The number of nitrogens with zero attached hydrogens (tertiary/aromatic N) is 2. The number of guanidine groups is 1. The van der Waals surface area contributed by atoms with Crippen molar-refractivity contribution in [1.82, 2.24) is 15.5 Å². The Morgan fingerprint density at radius 2 is 1.48 bits per heavy atom. The Labute approximate surface area is 172 Å². The van der Waals surface area contributed by atoms with Crippen molar-refractivity contribution in [3.05, 3.63) is 0 Å². The van der Waals surface area contributed by atoms with Crippen LogP contribution in [-0.2, 0) is 9.47 Å². The van der Waals surface area contributed by atoms with Gasteiger partial charge in [-0.1, -0.05) is 13.3 Å². The van der Waals surface area contributed by atoms with Gasteiger partial charge in [-0.3, -0.25) is 9.89 Å². The number of nitrogens with one attached hydrogen (secondary N) is 2. The monoisotopic (exact) mass is 472 g/mol.